The van der Waals surface area contributed by atoms with Crippen LogP contribution in [-0.4, -0.2) is 4.98 Å². The van der Waals surface area contributed by atoms with Gasteiger partial charge in [0, 0.05) is 12.7 Å². The first-order valence-electron chi connectivity index (χ1n) is 6.31. The Morgan fingerprint density at radius 3 is 2.50 bits per heavy atom. The van der Waals surface area contributed by atoms with E-state index in [1.807, 2.05) is 24.4 Å². The highest BCUT2D eigenvalue weighted by Gasteiger charge is 2.03. The molecule has 1 heterocycles. The van der Waals surface area contributed by atoms with Crippen molar-refractivity contribution in [3.8, 4) is 10.4 Å². The summed E-state index contributed by atoms with van der Waals surface area (Å²) in [6.45, 7) is 0.641. The van der Waals surface area contributed by atoms with Crippen LogP contribution < -0.4 is 5.32 Å². The molecule has 0 radical (unpaired) electrons. The summed E-state index contributed by atoms with van der Waals surface area (Å²) >= 11 is 1.61. The highest BCUT2D eigenvalue weighted by atomic mass is 32.1. The second kappa shape index (κ2) is 5.84. The molecule has 0 aliphatic rings. The molecule has 0 amide bonds. The van der Waals surface area contributed by atoms with Gasteiger partial charge in [-0.05, 0) is 23.3 Å². The number of anilines is 1. The smallest absolute Gasteiger partial charge is 0.183 e. The Balaban J connectivity index is 1.67. The minimum atomic E-state index is -0.214. The molecule has 0 bridgehead atoms. The summed E-state index contributed by atoms with van der Waals surface area (Å²) in [5, 5.41) is 4.12. The van der Waals surface area contributed by atoms with E-state index in [0.29, 0.717) is 6.54 Å². The van der Waals surface area contributed by atoms with Gasteiger partial charge < -0.3 is 5.32 Å². The first-order valence-corrected chi connectivity index (χ1v) is 7.12. The van der Waals surface area contributed by atoms with Crippen molar-refractivity contribution < 1.29 is 4.39 Å². The number of rotatable bonds is 4. The van der Waals surface area contributed by atoms with Gasteiger partial charge in [0.15, 0.2) is 5.13 Å². The predicted octanol–water partition coefficient (Wildman–Crippen LogP) is 4.56. The van der Waals surface area contributed by atoms with Crippen molar-refractivity contribution in [2.75, 3.05) is 5.32 Å². The molecule has 3 aromatic rings. The normalized spacial score (nSPS) is 10.4. The Morgan fingerprint density at radius 1 is 1.00 bits per heavy atom. The van der Waals surface area contributed by atoms with Crippen molar-refractivity contribution in [1.82, 2.24) is 4.98 Å². The third-order valence-corrected chi connectivity index (χ3v) is 3.93. The highest BCUT2D eigenvalue weighted by Crippen LogP contribution is 2.28. The lowest BCUT2D eigenvalue weighted by molar-refractivity contribution is 0.627. The average Bonchev–Trinajstić information content (AvgIpc) is 2.97. The average molecular weight is 284 g/mol. The van der Waals surface area contributed by atoms with Gasteiger partial charge in [0.25, 0.3) is 0 Å². The van der Waals surface area contributed by atoms with Crippen LogP contribution in [0.1, 0.15) is 5.56 Å². The summed E-state index contributed by atoms with van der Waals surface area (Å²) in [5.74, 6) is -0.214. The van der Waals surface area contributed by atoms with Crippen molar-refractivity contribution in [2.45, 2.75) is 6.54 Å². The molecule has 100 valence electrons. The third kappa shape index (κ3) is 3.03. The number of thiazole rings is 1. The molecule has 2 aromatic carbocycles. The van der Waals surface area contributed by atoms with E-state index in [0.717, 1.165) is 15.6 Å². The first kappa shape index (κ1) is 12.8. The molecule has 1 aromatic heterocycles. The molecule has 0 unspecified atom stereocenters. The molecule has 3 rings (SSSR count). The van der Waals surface area contributed by atoms with Gasteiger partial charge >= 0.3 is 0 Å². The van der Waals surface area contributed by atoms with Crippen LogP contribution in [0.4, 0.5) is 9.52 Å². The molecular weight excluding hydrogens is 271 g/mol. The maximum atomic E-state index is 12.8. The molecular formula is C16H13FN2S. The molecule has 0 saturated carbocycles. The Kier molecular flexibility index (Phi) is 3.74. The summed E-state index contributed by atoms with van der Waals surface area (Å²) in [7, 11) is 0. The van der Waals surface area contributed by atoms with E-state index in [1.165, 1.54) is 17.7 Å². The number of benzene rings is 2. The van der Waals surface area contributed by atoms with E-state index in [4.69, 9.17) is 0 Å². The van der Waals surface area contributed by atoms with E-state index in [9.17, 15) is 4.39 Å². The van der Waals surface area contributed by atoms with Crippen LogP contribution in [0.15, 0.2) is 60.8 Å². The molecule has 0 spiro atoms. The van der Waals surface area contributed by atoms with Crippen LogP contribution in [0.5, 0.6) is 0 Å². The van der Waals surface area contributed by atoms with Gasteiger partial charge in [0.05, 0.1) is 4.88 Å². The number of hydrogen-bond donors (Lipinski definition) is 1. The van der Waals surface area contributed by atoms with Gasteiger partial charge in [-0.25, -0.2) is 9.37 Å². The summed E-state index contributed by atoms with van der Waals surface area (Å²) in [4.78, 5) is 5.49. The lowest BCUT2D eigenvalue weighted by Gasteiger charge is -2.02. The van der Waals surface area contributed by atoms with Gasteiger partial charge in [-0.3, -0.25) is 0 Å². The van der Waals surface area contributed by atoms with E-state index < -0.39 is 0 Å². The largest absolute Gasteiger partial charge is 0.357 e. The molecule has 4 heteroatoms. The molecule has 20 heavy (non-hydrogen) atoms. The number of hydrogen-bond acceptors (Lipinski definition) is 3. The zero-order chi connectivity index (χ0) is 13.8. The topological polar surface area (TPSA) is 24.9 Å². The molecule has 0 saturated heterocycles. The number of nitrogens with zero attached hydrogens (tertiary/aromatic N) is 1. The van der Waals surface area contributed by atoms with Gasteiger partial charge in [0.1, 0.15) is 5.82 Å². The molecule has 0 atom stereocenters. The van der Waals surface area contributed by atoms with Gasteiger partial charge in [0.2, 0.25) is 0 Å². The second-order valence-electron chi connectivity index (χ2n) is 4.38. The third-order valence-electron chi connectivity index (χ3n) is 2.92. The quantitative estimate of drug-likeness (QED) is 0.759. The summed E-state index contributed by atoms with van der Waals surface area (Å²) < 4.78 is 12.8. The van der Waals surface area contributed by atoms with Crippen LogP contribution in [0.2, 0.25) is 0 Å². The fourth-order valence-electron chi connectivity index (χ4n) is 1.87. The van der Waals surface area contributed by atoms with Crippen molar-refractivity contribution >= 4 is 16.5 Å². The molecule has 0 fully saturated rings. The van der Waals surface area contributed by atoms with Crippen LogP contribution in [-0.2, 0) is 6.54 Å². The summed E-state index contributed by atoms with van der Waals surface area (Å²) in [6, 6.07) is 16.6. The van der Waals surface area contributed by atoms with Crippen LogP contribution in [0.25, 0.3) is 10.4 Å². The van der Waals surface area contributed by atoms with Crippen molar-refractivity contribution in [3.05, 3.63) is 72.2 Å². The molecule has 1 N–H and O–H groups in total. The molecule has 0 aliphatic heterocycles. The standard InChI is InChI=1S/C16H13FN2S/c17-14-8-6-12(7-9-14)10-18-16-19-11-15(20-16)13-4-2-1-3-5-13/h1-9,11H,10H2,(H,18,19). The van der Waals surface area contributed by atoms with Crippen LogP contribution >= 0.6 is 11.3 Å². The monoisotopic (exact) mass is 284 g/mol. The minimum Gasteiger partial charge on any atom is -0.357 e. The van der Waals surface area contributed by atoms with Gasteiger partial charge in [-0.2, -0.15) is 0 Å². The Labute approximate surface area is 120 Å². The Hall–Kier alpha value is -2.20. The fraction of sp³-hybridized carbons (Fsp3) is 0.0625. The predicted molar refractivity (Wildman–Crippen MR) is 81.3 cm³/mol. The molecule has 2 nitrogen and oxygen atoms in total. The lowest BCUT2D eigenvalue weighted by atomic mass is 10.2. The second-order valence-corrected chi connectivity index (χ2v) is 5.41. The van der Waals surface area contributed by atoms with Crippen LogP contribution in [0.3, 0.4) is 0 Å². The van der Waals surface area contributed by atoms with Crippen molar-refractivity contribution in [3.63, 3.8) is 0 Å². The van der Waals surface area contributed by atoms with E-state index >= 15 is 0 Å². The molecule has 0 aliphatic carbocycles. The highest BCUT2D eigenvalue weighted by molar-refractivity contribution is 7.18. The number of nitrogens with one attached hydrogen (secondary N) is 1. The van der Waals surface area contributed by atoms with E-state index in [1.54, 1.807) is 23.5 Å². The van der Waals surface area contributed by atoms with E-state index in [2.05, 4.69) is 22.4 Å². The zero-order valence-corrected chi connectivity index (χ0v) is 11.5. The Bertz CT molecular complexity index is 677. The van der Waals surface area contributed by atoms with Crippen molar-refractivity contribution in [1.29, 1.82) is 0 Å². The fourth-order valence-corrected chi connectivity index (χ4v) is 2.69. The van der Waals surface area contributed by atoms with Crippen LogP contribution in [0, 0.1) is 5.82 Å². The van der Waals surface area contributed by atoms with Crippen molar-refractivity contribution in [2.24, 2.45) is 0 Å². The summed E-state index contributed by atoms with van der Waals surface area (Å²) in [5.41, 5.74) is 2.20. The van der Waals surface area contributed by atoms with E-state index in [-0.39, 0.29) is 5.82 Å². The zero-order valence-electron chi connectivity index (χ0n) is 10.7. The van der Waals surface area contributed by atoms with Gasteiger partial charge in [-0.15, -0.1) is 0 Å². The summed E-state index contributed by atoms with van der Waals surface area (Å²) in [6.07, 6.45) is 1.87. The maximum Gasteiger partial charge on any atom is 0.183 e. The number of aromatic nitrogens is 1. The first-order chi connectivity index (χ1) is 9.81. The SMILES string of the molecule is Fc1ccc(CNc2ncc(-c3ccccc3)s2)cc1. The van der Waals surface area contributed by atoms with Gasteiger partial charge in [-0.1, -0.05) is 53.8 Å². The minimum absolute atomic E-state index is 0.214. The lowest BCUT2D eigenvalue weighted by Crippen LogP contribution is -1.98. The number of halogens is 1. The Morgan fingerprint density at radius 2 is 1.75 bits per heavy atom. The maximum absolute atomic E-state index is 12.8.